The van der Waals surface area contributed by atoms with Crippen LogP contribution in [0.25, 0.3) is 0 Å². The van der Waals surface area contributed by atoms with Crippen molar-refractivity contribution >= 4 is 46.6 Å². The number of carbonyl (C=O) groups is 6. The van der Waals surface area contributed by atoms with Gasteiger partial charge in [-0.15, -0.1) is 0 Å². The van der Waals surface area contributed by atoms with Crippen molar-refractivity contribution in [1.29, 1.82) is 0 Å². The second kappa shape index (κ2) is 27.3. The van der Waals surface area contributed by atoms with Crippen LogP contribution in [0.1, 0.15) is 163 Å². The van der Waals surface area contributed by atoms with E-state index in [1.54, 1.807) is 24.3 Å². The molecule has 2 aromatic carbocycles. The molecule has 0 aromatic heterocycles. The number of benzene rings is 2. The van der Waals surface area contributed by atoms with E-state index in [-0.39, 0.29) is 22.5 Å². The largest absolute Gasteiger partial charge is 0.349 e. The van der Waals surface area contributed by atoms with Gasteiger partial charge in [0.25, 0.3) is 23.4 Å². The first-order chi connectivity index (χ1) is 25.3. The van der Waals surface area contributed by atoms with Gasteiger partial charge in [0.2, 0.25) is 0 Å². The number of unbranched alkanes of at least 4 members (excludes halogenated alkanes) is 18. The summed E-state index contributed by atoms with van der Waals surface area (Å²) >= 11 is 0. The molecule has 0 aliphatic rings. The van der Waals surface area contributed by atoms with Crippen LogP contribution in [-0.2, 0) is 19.2 Å². The lowest BCUT2D eigenvalue weighted by Crippen LogP contribution is -2.34. The average Bonchev–Trinajstić information content (AvgIpc) is 3.15. The van der Waals surface area contributed by atoms with Gasteiger partial charge in [-0.2, -0.15) is 0 Å². The summed E-state index contributed by atoms with van der Waals surface area (Å²) in [6, 6.07) is 11.9. The highest BCUT2D eigenvalue weighted by molar-refractivity contribution is 6.48. The van der Waals surface area contributed by atoms with Crippen molar-refractivity contribution in [2.24, 2.45) is 0 Å². The number of anilines is 2. The van der Waals surface area contributed by atoms with E-state index < -0.39 is 35.2 Å². The maximum atomic E-state index is 13.0. The summed E-state index contributed by atoms with van der Waals surface area (Å²) in [6.45, 7) is 5.16. The number of carbonyl (C=O) groups excluding carboxylic acids is 6. The number of nitrogens with one attached hydrogen (secondary N) is 4. The van der Waals surface area contributed by atoms with Crippen LogP contribution in [-0.4, -0.2) is 48.3 Å². The Hall–Kier alpha value is -4.34. The van der Waals surface area contributed by atoms with E-state index in [4.69, 9.17) is 0 Å². The van der Waals surface area contributed by atoms with E-state index >= 15 is 0 Å². The van der Waals surface area contributed by atoms with Crippen LogP contribution in [0.15, 0.2) is 48.5 Å². The molecule has 2 rings (SSSR count). The molecular formula is C42H62N4O6. The quantitative estimate of drug-likeness (QED) is 0.0393. The molecule has 0 radical (unpaired) electrons. The molecule has 0 saturated heterocycles. The van der Waals surface area contributed by atoms with Crippen LogP contribution < -0.4 is 21.3 Å². The van der Waals surface area contributed by atoms with E-state index in [1.807, 2.05) is 0 Å². The van der Waals surface area contributed by atoms with Crippen LogP contribution in [0, 0.1) is 0 Å². The summed E-state index contributed by atoms with van der Waals surface area (Å²) in [5.74, 6) is -5.47. The lowest BCUT2D eigenvalue weighted by atomic mass is 10.1. The average molecular weight is 719 g/mol. The van der Waals surface area contributed by atoms with Gasteiger partial charge >= 0.3 is 11.8 Å². The monoisotopic (exact) mass is 718 g/mol. The van der Waals surface area contributed by atoms with Gasteiger partial charge in [-0.3, -0.25) is 28.8 Å². The minimum Gasteiger partial charge on any atom is -0.349 e. The molecule has 0 atom stereocenters. The maximum absolute atomic E-state index is 13.0. The van der Waals surface area contributed by atoms with Crippen molar-refractivity contribution in [1.82, 2.24) is 10.6 Å². The number of ketones is 2. The second-order valence-electron chi connectivity index (χ2n) is 13.5. The van der Waals surface area contributed by atoms with Crippen LogP contribution in [0.5, 0.6) is 0 Å². The fourth-order valence-corrected chi connectivity index (χ4v) is 5.97. The molecule has 4 N–H and O–H groups in total. The summed E-state index contributed by atoms with van der Waals surface area (Å²) in [7, 11) is 0. The summed E-state index contributed by atoms with van der Waals surface area (Å²) < 4.78 is 0. The van der Waals surface area contributed by atoms with Crippen LogP contribution in [0.3, 0.4) is 0 Å². The smallest absolute Gasteiger partial charge is 0.314 e. The molecule has 286 valence electrons. The lowest BCUT2D eigenvalue weighted by molar-refractivity contribution is -0.133. The molecule has 10 heteroatoms. The Balaban J connectivity index is 1.79. The molecule has 52 heavy (non-hydrogen) atoms. The van der Waals surface area contributed by atoms with E-state index in [2.05, 4.69) is 35.1 Å². The number of rotatable bonds is 28. The van der Waals surface area contributed by atoms with Gasteiger partial charge in [-0.25, -0.2) is 0 Å². The molecule has 0 unspecified atom stereocenters. The van der Waals surface area contributed by atoms with Crippen LogP contribution in [0.2, 0.25) is 0 Å². The van der Waals surface area contributed by atoms with Crippen LogP contribution >= 0.6 is 0 Å². The number of hydrogen-bond acceptors (Lipinski definition) is 6. The Morgan fingerprint density at radius 2 is 0.673 bits per heavy atom. The second-order valence-corrected chi connectivity index (χ2v) is 13.5. The summed E-state index contributed by atoms with van der Waals surface area (Å²) in [5, 5.41) is 10.1. The van der Waals surface area contributed by atoms with Crippen LogP contribution in [0.4, 0.5) is 11.4 Å². The minimum atomic E-state index is -1.11. The zero-order valence-corrected chi connectivity index (χ0v) is 31.6. The van der Waals surface area contributed by atoms with Gasteiger partial charge in [0.1, 0.15) is 0 Å². The van der Waals surface area contributed by atoms with Gasteiger partial charge in [0, 0.05) is 13.1 Å². The third-order valence-electron chi connectivity index (χ3n) is 9.09. The van der Waals surface area contributed by atoms with Crippen molar-refractivity contribution < 1.29 is 28.8 Å². The van der Waals surface area contributed by atoms with Crippen molar-refractivity contribution in [2.75, 3.05) is 23.7 Å². The topological polar surface area (TPSA) is 151 Å². The number of Topliss-reactive ketones (excluding diaryl/α,β-unsaturated/α-hetero) is 2. The van der Waals surface area contributed by atoms with Crippen molar-refractivity contribution in [3.05, 3.63) is 59.7 Å². The first kappa shape index (κ1) is 43.8. The standard InChI is InChI=1S/C42H62N4O6/c1-3-5-7-9-11-13-15-17-19-25-31-43-39(49)37(47)33-27-21-23-29-35(33)45-41(51)42(52)46-36-30-24-22-28-34(36)38(48)40(50)44-32-26-20-18-16-14-12-10-8-6-4-2/h21-24,27-30H,3-20,25-26,31-32H2,1-2H3,(H,43,49)(H,44,50)(H,45,51)(H,46,52). The molecule has 0 saturated carbocycles. The maximum Gasteiger partial charge on any atom is 0.314 e. The molecule has 4 amide bonds. The number of para-hydroxylation sites is 2. The third kappa shape index (κ3) is 17.7. The van der Waals surface area contributed by atoms with Gasteiger partial charge < -0.3 is 21.3 Å². The molecule has 10 nitrogen and oxygen atoms in total. The highest BCUT2D eigenvalue weighted by Gasteiger charge is 2.24. The molecule has 0 aliphatic carbocycles. The lowest BCUT2D eigenvalue weighted by Gasteiger charge is -2.12. The first-order valence-corrected chi connectivity index (χ1v) is 19.8. The van der Waals surface area contributed by atoms with Crippen molar-refractivity contribution in [3.8, 4) is 0 Å². The Labute approximate surface area is 311 Å². The third-order valence-corrected chi connectivity index (χ3v) is 9.09. The fourth-order valence-electron chi connectivity index (χ4n) is 5.97. The molecule has 2 aromatic rings. The predicted octanol–water partition coefficient (Wildman–Crippen LogP) is 8.70. The number of hydrogen-bond donors (Lipinski definition) is 4. The van der Waals surface area contributed by atoms with Crippen molar-refractivity contribution in [2.45, 2.75) is 142 Å². The summed E-state index contributed by atoms with van der Waals surface area (Å²) in [4.78, 5) is 77.0. The predicted molar refractivity (Wildman–Crippen MR) is 209 cm³/mol. The first-order valence-electron chi connectivity index (χ1n) is 19.8. The number of amides is 4. The summed E-state index contributed by atoms with van der Waals surface area (Å²) in [5.41, 5.74) is -0.118. The van der Waals surface area contributed by atoms with Gasteiger partial charge in [0.05, 0.1) is 22.5 Å². The molecule has 0 bridgehead atoms. The molecule has 0 fully saturated rings. The Bertz CT molecular complexity index is 1300. The molecular weight excluding hydrogens is 656 g/mol. The highest BCUT2D eigenvalue weighted by Crippen LogP contribution is 2.19. The summed E-state index contributed by atoms with van der Waals surface area (Å²) in [6.07, 6.45) is 23.1. The zero-order chi connectivity index (χ0) is 37.8. The van der Waals surface area contributed by atoms with E-state index in [0.717, 1.165) is 51.4 Å². The molecule has 0 spiro atoms. The van der Waals surface area contributed by atoms with E-state index in [9.17, 15) is 28.8 Å². The van der Waals surface area contributed by atoms with E-state index in [1.165, 1.54) is 101 Å². The van der Waals surface area contributed by atoms with Crippen molar-refractivity contribution in [3.63, 3.8) is 0 Å². The highest BCUT2D eigenvalue weighted by atomic mass is 16.2. The molecule has 0 heterocycles. The Morgan fingerprint density at radius 3 is 1.00 bits per heavy atom. The van der Waals surface area contributed by atoms with Gasteiger partial charge in [-0.1, -0.05) is 154 Å². The van der Waals surface area contributed by atoms with Gasteiger partial charge in [0.15, 0.2) is 0 Å². The zero-order valence-electron chi connectivity index (χ0n) is 31.6. The SMILES string of the molecule is CCCCCCCCCCCCNC(=O)C(=O)c1ccccc1NC(=O)C(=O)Nc1ccccc1C(=O)C(=O)NCCCCCCCCCCCC. The normalized spacial score (nSPS) is 10.7. The Morgan fingerprint density at radius 1 is 0.385 bits per heavy atom. The fraction of sp³-hybridized carbons (Fsp3) is 0.571. The van der Waals surface area contributed by atoms with Gasteiger partial charge in [-0.05, 0) is 37.1 Å². The molecule has 0 aliphatic heterocycles. The van der Waals surface area contributed by atoms with E-state index in [0.29, 0.717) is 13.1 Å². The minimum absolute atomic E-state index is 0.00236. The Kier molecular flexibility index (Phi) is 23.0.